The van der Waals surface area contributed by atoms with E-state index >= 15 is 4.39 Å². The van der Waals surface area contributed by atoms with Gasteiger partial charge in [0.2, 0.25) is 0 Å². The summed E-state index contributed by atoms with van der Waals surface area (Å²) in [6.45, 7) is 0.626. The monoisotopic (exact) mass is 591 g/mol. The van der Waals surface area contributed by atoms with Crippen molar-refractivity contribution in [1.82, 2.24) is 14.2 Å². The van der Waals surface area contributed by atoms with Crippen molar-refractivity contribution in [3.05, 3.63) is 113 Å². The van der Waals surface area contributed by atoms with E-state index in [1.54, 1.807) is 29.0 Å². The smallest absolute Gasteiger partial charge is 0.267 e. The molecule has 1 saturated heterocycles. The quantitative estimate of drug-likeness (QED) is 0.317. The minimum atomic E-state index is -3.07. The summed E-state index contributed by atoms with van der Waals surface area (Å²) in [7, 11) is -3.07. The fraction of sp³-hybridized carbons (Fsp3) is 0.138. The van der Waals surface area contributed by atoms with Crippen molar-refractivity contribution in [3.63, 3.8) is 0 Å². The first kappa shape index (κ1) is 27.1. The third kappa shape index (κ3) is 5.46. The summed E-state index contributed by atoms with van der Waals surface area (Å²) in [4.78, 5) is 27.8. The van der Waals surface area contributed by atoms with E-state index in [1.807, 2.05) is 4.90 Å². The number of aromatic nitrogens is 3. The first-order valence-corrected chi connectivity index (χ1v) is 14.7. The second kappa shape index (κ2) is 10.7. The number of sulfone groups is 1. The summed E-state index contributed by atoms with van der Waals surface area (Å²) >= 11 is 0. The van der Waals surface area contributed by atoms with E-state index < -0.39 is 32.9 Å². The maximum absolute atomic E-state index is 15.2. The summed E-state index contributed by atoms with van der Waals surface area (Å²) < 4.78 is 60.9. The highest BCUT2D eigenvalue weighted by molar-refractivity contribution is 7.91. The molecule has 5 aromatic rings. The van der Waals surface area contributed by atoms with Gasteiger partial charge in [0.05, 0.1) is 29.6 Å². The molecular weight excluding hydrogens is 568 g/mol. The highest BCUT2D eigenvalue weighted by Crippen LogP contribution is 2.33. The lowest BCUT2D eigenvalue weighted by Gasteiger charge is -2.29. The largest absolute Gasteiger partial charge is 0.452 e. The van der Waals surface area contributed by atoms with E-state index in [-0.39, 0.29) is 28.5 Å². The predicted octanol–water partition coefficient (Wildman–Crippen LogP) is 4.04. The van der Waals surface area contributed by atoms with Crippen LogP contribution in [0, 0.1) is 11.6 Å². The predicted molar refractivity (Wildman–Crippen MR) is 152 cm³/mol. The molecule has 1 fully saturated rings. The number of carbonyl (C=O) groups is 1. The number of anilines is 2. The normalized spacial score (nSPS) is 14.6. The Balaban J connectivity index is 1.22. The highest BCUT2D eigenvalue weighted by Gasteiger charge is 2.23. The molecule has 0 spiro atoms. The van der Waals surface area contributed by atoms with E-state index in [0.717, 1.165) is 6.07 Å². The molecule has 2 aromatic carbocycles. The van der Waals surface area contributed by atoms with Gasteiger partial charge in [-0.05, 0) is 54.6 Å². The van der Waals surface area contributed by atoms with Crippen LogP contribution < -0.4 is 20.5 Å². The van der Waals surface area contributed by atoms with E-state index in [4.69, 9.17) is 4.74 Å². The molecule has 214 valence electrons. The maximum Gasteiger partial charge on any atom is 0.267 e. The standard InChI is InChI=1S/C29H23F2N5O5S/c30-19-3-6-21(7-4-19)35-11-1-2-23(29(35)38)28(37)33-20-5-8-26(24(31)16-20)41-27-17-22(18-36-25(27)9-10-32-36)34-12-14-42(39,40)15-13-34/h1-11,16-18H,12-15H2,(H,33,37). The Morgan fingerprint density at radius 1 is 0.929 bits per heavy atom. The number of nitrogens with one attached hydrogen (secondary N) is 1. The van der Waals surface area contributed by atoms with Crippen molar-refractivity contribution in [3.8, 4) is 17.2 Å². The Hall–Kier alpha value is -5.04. The van der Waals surface area contributed by atoms with E-state index in [2.05, 4.69) is 10.4 Å². The van der Waals surface area contributed by atoms with Gasteiger partial charge in [-0.25, -0.2) is 21.7 Å². The molecule has 13 heteroatoms. The number of carbonyl (C=O) groups excluding carboxylic acids is 1. The van der Waals surface area contributed by atoms with Crippen molar-refractivity contribution in [1.29, 1.82) is 0 Å². The van der Waals surface area contributed by atoms with Crippen LogP contribution in [0.25, 0.3) is 11.2 Å². The Morgan fingerprint density at radius 2 is 1.69 bits per heavy atom. The van der Waals surface area contributed by atoms with Crippen LogP contribution >= 0.6 is 0 Å². The van der Waals surface area contributed by atoms with Crippen LogP contribution in [0.4, 0.5) is 20.2 Å². The van der Waals surface area contributed by atoms with Gasteiger partial charge >= 0.3 is 0 Å². The number of ether oxygens (including phenoxy) is 1. The average molecular weight is 592 g/mol. The third-order valence-corrected chi connectivity index (χ3v) is 8.48. The van der Waals surface area contributed by atoms with Crippen LogP contribution in [0.2, 0.25) is 0 Å². The van der Waals surface area contributed by atoms with E-state index in [9.17, 15) is 22.4 Å². The van der Waals surface area contributed by atoms with Gasteiger partial charge in [0, 0.05) is 42.8 Å². The summed E-state index contributed by atoms with van der Waals surface area (Å²) in [5, 5.41) is 6.77. The molecule has 0 aliphatic carbocycles. The summed E-state index contributed by atoms with van der Waals surface area (Å²) in [5.41, 5.74) is 0.909. The summed E-state index contributed by atoms with van der Waals surface area (Å²) in [5.74, 6) is -1.72. The molecule has 1 aliphatic heterocycles. The van der Waals surface area contributed by atoms with Gasteiger partial charge in [-0.2, -0.15) is 5.10 Å². The number of halogens is 2. The molecule has 1 N–H and O–H groups in total. The molecular formula is C29H23F2N5O5S. The molecule has 3 aromatic heterocycles. The number of hydrogen-bond donors (Lipinski definition) is 1. The molecule has 0 saturated carbocycles. The van der Waals surface area contributed by atoms with E-state index in [0.29, 0.717) is 35.7 Å². The second-order valence-corrected chi connectivity index (χ2v) is 11.9. The van der Waals surface area contributed by atoms with Crippen LogP contribution in [0.3, 0.4) is 0 Å². The van der Waals surface area contributed by atoms with Gasteiger partial charge in [0.15, 0.2) is 27.2 Å². The van der Waals surface area contributed by atoms with Crippen LogP contribution in [-0.2, 0) is 9.84 Å². The highest BCUT2D eigenvalue weighted by atomic mass is 32.2. The van der Waals surface area contributed by atoms with Gasteiger partial charge < -0.3 is 15.0 Å². The van der Waals surface area contributed by atoms with Gasteiger partial charge in [-0.3, -0.25) is 14.2 Å². The molecule has 0 unspecified atom stereocenters. The lowest BCUT2D eigenvalue weighted by molar-refractivity contribution is 0.102. The minimum Gasteiger partial charge on any atom is -0.452 e. The van der Waals surface area contributed by atoms with Gasteiger partial charge in [0.25, 0.3) is 11.5 Å². The van der Waals surface area contributed by atoms with Crippen LogP contribution in [0.5, 0.6) is 11.5 Å². The number of rotatable bonds is 6. The zero-order valence-corrected chi connectivity index (χ0v) is 22.7. The third-order valence-electron chi connectivity index (χ3n) is 6.87. The first-order chi connectivity index (χ1) is 20.2. The van der Waals surface area contributed by atoms with Crippen molar-refractivity contribution in [2.45, 2.75) is 0 Å². The zero-order chi connectivity index (χ0) is 29.4. The van der Waals surface area contributed by atoms with Gasteiger partial charge in [-0.1, -0.05) is 0 Å². The zero-order valence-electron chi connectivity index (χ0n) is 21.9. The number of benzene rings is 2. The van der Waals surface area contributed by atoms with E-state index in [1.165, 1.54) is 59.3 Å². The van der Waals surface area contributed by atoms with Crippen molar-refractivity contribution < 1.29 is 26.7 Å². The lowest BCUT2D eigenvalue weighted by Crippen LogP contribution is -2.40. The number of fused-ring (bicyclic) bond motifs is 1. The summed E-state index contributed by atoms with van der Waals surface area (Å²) in [6.07, 6.45) is 4.77. The second-order valence-electron chi connectivity index (χ2n) is 9.64. The van der Waals surface area contributed by atoms with Crippen molar-refractivity contribution in [2.24, 2.45) is 0 Å². The molecule has 10 nitrogen and oxygen atoms in total. The van der Waals surface area contributed by atoms with Crippen molar-refractivity contribution >= 4 is 32.6 Å². The number of pyridine rings is 2. The lowest BCUT2D eigenvalue weighted by atomic mass is 10.2. The molecule has 0 radical (unpaired) electrons. The SMILES string of the molecule is O=C(Nc1ccc(Oc2cc(N3CCS(=O)(=O)CC3)cn3nccc23)c(F)c1)c1cccn(-c2ccc(F)cc2)c1=O. The maximum atomic E-state index is 15.2. The topological polar surface area (TPSA) is 115 Å². The molecule has 1 aliphatic rings. The molecule has 1 amide bonds. The van der Waals surface area contributed by atoms with Gasteiger partial charge in [0.1, 0.15) is 16.9 Å². The van der Waals surface area contributed by atoms with Gasteiger partial charge in [-0.15, -0.1) is 0 Å². The number of nitrogens with zero attached hydrogens (tertiary/aromatic N) is 4. The molecule has 4 heterocycles. The summed E-state index contributed by atoms with van der Waals surface area (Å²) in [6, 6.07) is 15.3. The Morgan fingerprint density at radius 3 is 2.43 bits per heavy atom. The molecule has 42 heavy (non-hydrogen) atoms. The Kier molecular flexibility index (Phi) is 6.94. The Bertz CT molecular complexity index is 1980. The Labute approximate surface area is 238 Å². The van der Waals surface area contributed by atoms with Crippen molar-refractivity contribution in [2.75, 3.05) is 34.8 Å². The van der Waals surface area contributed by atoms with Crippen LogP contribution in [0.1, 0.15) is 10.4 Å². The molecule has 0 bridgehead atoms. The first-order valence-electron chi connectivity index (χ1n) is 12.9. The minimum absolute atomic E-state index is 0.0329. The molecule has 0 atom stereocenters. The fourth-order valence-corrected chi connectivity index (χ4v) is 5.86. The number of hydrogen-bond acceptors (Lipinski definition) is 7. The number of amides is 1. The molecule has 6 rings (SSSR count). The average Bonchev–Trinajstić information content (AvgIpc) is 3.44. The van der Waals surface area contributed by atoms with Crippen LogP contribution in [0.15, 0.2) is 90.1 Å². The fourth-order valence-electron chi connectivity index (χ4n) is 4.66. The van der Waals surface area contributed by atoms with Crippen LogP contribution in [-0.4, -0.2) is 53.1 Å².